The molecule has 0 aromatic carbocycles. The summed E-state index contributed by atoms with van der Waals surface area (Å²) in [5.41, 5.74) is 0. The van der Waals surface area contributed by atoms with Crippen molar-refractivity contribution in [2.24, 2.45) is 5.92 Å². The normalized spacial score (nSPS) is 18.8. The Balaban J connectivity index is 2.05. The van der Waals surface area contributed by atoms with Crippen molar-refractivity contribution < 1.29 is 4.74 Å². The Hall–Kier alpha value is -1.36. The molecule has 1 aliphatic heterocycles. The van der Waals surface area contributed by atoms with Gasteiger partial charge in [0.25, 0.3) is 0 Å². The zero-order valence-corrected chi connectivity index (χ0v) is 13.5. The average molecular weight is 292 g/mol. The summed E-state index contributed by atoms with van der Waals surface area (Å²) < 4.78 is 5.63. The van der Waals surface area contributed by atoms with Crippen molar-refractivity contribution in [3.05, 3.63) is 12.4 Å². The molecular weight excluding hydrogens is 264 g/mol. The quantitative estimate of drug-likeness (QED) is 0.836. The van der Waals surface area contributed by atoms with Crippen LogP contribution in [0.4, 0.5) is 5.82 Å². The van der Waals surface area contributed by atoms with Gasteiger partial charge >= 0.3 is 0 Å². The molecule has 1 aromatic heterocycles. The fourth-order valence-electron chi connectivity index (χ4n) is 2.70. The maximum absolute atomic E-state index is 5.63. The second-order valence-electron chi connectivity index (χ2n) is 6.02. The Morgan fingerprint density at radius 1 is 1.43 bits per heavy atom. The summed E-state index contributed by atoms with van der Waals surface area (Å²) in [5.74, 6) is 2.34. The molecular formula is C16H28N4O. The molecule has 5 nitrogen and oxygen atoms in total. The van der Waals surface area contributed by atoms with E-state index in [1.54, 1.807) is 6.33 Å². The van der Waals surface area contributed by atoms with Gasteiger partial charge in [-0.15, -0.1) is 0 Å². The van der Waals surface area contributed by atoms with Gasteiger partial charge in [0.15, 0.2) is 0 Å². The highest BCUT2D eigenvalue weighted by atomic mass is 16.5. The number of anilines is 1. The van der Waals surface area contributed by atoms with Gasteiger partial charge in [-0.3, -0.25) is 0 Å². The molecule has 1 saturated heterocycles. The standard InChI is InChI=1S/C16H28N4O/c1-4-8-21-16-9-15(18-12-19-16)20(13(2)3)11-14-6-5-7-17-10-14/h9,12-14,17H,4-8,10-11H2,1-3H3. The first-order valence-electron chi connectivity index (χ1n) is 8.13. The average Bonchev–Trinajstić information content (AvgIpc) is 2.51. The third kappa shape index (κ3) is 4.84. The van der Waals surface area contributed by atoms with Crippen LogP contribution in [0.3, 0.4) is 0 Å². The zero-order valence-electron chi connectivity index (χ0n) is 13.5. The first kappa shape index (κ1) is 16.0. The van der Waals surface area contributed by atoms with E-state index < -0.39 is 0 Å². The lowest BCUT2D eigenvalue weighted by Gasteiger charge is -2.33. The van der Waals surface area contributed by atoms with Gasteiger partial charge in [0.1, 0.15) is 12.1 Å². The third-order valence-electron chi connectivity index (χ3n) is 3.85. The van der Waals surface area contributed by atoms with Gasteiger partial charge in [0.05, 0.1) is 6.61 Å². The number of nitrogens with zero attached hydrogens (tertiary/aromatic N) is 3. The molecule has 2 heterocycles. The van der Waals surface area contributed by atoms with Crippen molar-refractivity contribution in [3.8, 4) is 5.88 Å². The van der Waals surface area contributed by atoms with Crippen molar-refractivity contribution in [1.29, 1.82) is 0 Å². The fourth-order valence-corrected chi connectivity index (χ4v) is 2.70. The van der Waals surface area contributed by atoms with E-state index in [-0.39, 0.29) is 0 Å². The Morgan fingerprint density at radius 3 is 2.95 bits per heavy atom. The van der Waals surface area contributed by atoms with Crippen LogP contribution < -0.4 is 15.0 Å². The smallest absolute Gasteiger partial charge is 0.218 e. The number of aromatic nitrogens is 2. The van der Waals surface area contributed by atoms with E-state index in [0.717, 1.165) is 31.9 Å². The lowest BCUT2D eigenvalue weighted by Crippen LogP contribution is -2.41. The minimum atomic E-state index is 0.417. The highest BCUT2D eigenvalue weighted by Gasteiger charge is 2.20. The molecule has 1 aliphatic rings. The van der Waals surface area contributed by atoms with E-state index in [2.05, 4.69) is 41.0 Å². The molecule has 0 aliphatic carbocycles. The van der Waals surface area contributed by atoms with Crippen molar-refractivity contribution in [1.82, 2.24) is 15.3 Å². The number of ether oxygens (including phenoxy) is 1. The van der Waals surface area contributed by atoms with Crippen LogP contribution in [0, 0.1) is 5.92 Å². The van der Waals surface area contributed by atoms with E-state index in [4.69, 9.17) is 4.74 Å². The van der Waals surface area contributed by atoms with Crippen molar-refractivity contribution >= 4 is 5.82 Å². The molecule has 1 aromatic rings. The number of nitrogens with one attached hydrogen (secondary N) is 1. The van der Waals surface area contributed by atoms with Gasteiger partial charge in [-0.05, 0) is 52.1 Å². The first-order valence-corrected chi connectivity index (χ1v) is 8.13. The largest absolute Gasteiger partial charge is 0.478 e. The van der Waals surface area contributed by atoms with Gasteiger partial charge in [-0.1, -0.05) is 6.92 Å². The Labute approximate surface area is 128 Å². The van der Waals surface area contributed by atoms with Gasteiger partial charge in [-0.25, -0.2) is 9.97 Å². The minimum Gasteiger partial charge on any atom is -0.478 e. The summed E-state index contributed by atoms with van der Waals surface area (Å²) in [5, 5.41) is 3.49. The predicted molar refractivity (Wildman–Crippen MR) is 85.9 cm³/mol. The summed E-state index contributed by atoms with van der Waals surface area (Å²) in [6.45, 7) is 10.5. The molecule has 118 valence electrons. The lowest BCUT2D eigenvalue weighted by atomic mass is 9.98. The highest BCUT2D eigenvalue weighted by Crippen LogP contribution is 2.21. The monoisotopic (exact) mass is 292 g/mol. The molecule has 0 saturated carbocycles. The van der Waals surface area contributed by atoms with Crippen LogP contribution in [0.25, 0.3) is 0 Å². The van der Waals surface area contributed by atoms with E-state index in [9.17, 15) is 0 Å². The van der Waals surface area contributed by atoms with Crippen LogP contribution in [-0.4, -0.2) is 42.3 Å². The van der Waals surface area contributed by atoms with Gasteiger partial charge in [-0.2, -0.15) is 0 Å². The number of hydrogen-bond acceptors (Lipinski definition) is 5. The number of piperidine rings is 1. The molecule has 0 amide bonds. The SMILES string of the molecule is CCCOc1cc(N(CC2CCCNC2)C(C)C)ncn1. The molecule has 1 N–H and O–H groups in total. The lowest BCUT2D eigenvalue weighted by molar-refractivity contribution is 0.304. The van der Waals surface area contributed by atoms with Crippen molar-refractivity contribution in [2.75, 3.05) is 31.1 Å². The summed E-state index contributed by atoms with van der Waals surface area (Å²) >= 11 is 0. The molecule has 5 heteroatoms. The highest BCUT2D eigenvalue weighted by molar-refractivity contribution is 5.41. The van der Waals surface area contributed by atoms with Gasteiger partial charge < -0.3 is 15.0 Å². The Kier molecular flexibility index (Phi) is 6.23. The predicted octanol–water partition coefficient (Wildman–Crippen LogP) is 2.48. The van der Waals surface area contributed by atoms with E-state index in [1.165, 1.54) is 12.8 Å². The third-order valence-corrected chi connectivity index (χ3v) is 3.85. The molecule has 2 rings (SSSR count). The number of rotatable bonds is 7. The topological polar surface area (TPSA) is 50.3 Å². The molecule has 0 radical (unpaired) electrons. The van der Waals surface area contributed by atoms with E-state index >= 15 is 0 Å². The zero-order chi connectivity index (χ0) is 15.1. The van der Waals surface area contributed by atoms with Crippen molar-refractivity contribution in [3.63, 3.8) is 0 Å². The van der Waals surface area contributed by atoms with Crippen LogP contribution in [-0.2, 0) is 0 Å². The second-order valence-corrected chi connectivity index (χ2v) is 6.02. The molecule has 1 atom stereocenters. The minimum absolute atomic E-state index is 0.417. The Morgan fingerprint density at radius 2 is 2.29 bits per heavy atom. The van der Waals surface area contributed by atoms with Crippen LogP contribution in [0.1, 0.15) is 40.0 Å². The summed E-state index contributed by atoms with van der Waals surface area (Å²) in [4.78, 5) is 11.0. The molecule has 21 heavy (non-hydrogen) atoms. The van der Waals surface area contributed by atoms with Crippen LogP contribution in [0.5, 0.6) is 5.88 Å². The van der Waals surface area contributed by atoms with Crippen molar-refractivity contribution in [2.45, 2.75) is 46.1 Å². The fraction of sp³-hybridized carbons (Fsp3) is 0.750. The van der Waals surface area contributed by atoms with Gasteiger partial charge in [0.2, 0.25) is 5.88 Å². The summed E-state index contributed by atoms with van der Waals surface area (Å²) in [6, 6.07) is 2.38. The van der Waals surface area contributed by atoms with Crippen LogP contribution in [0.15, 0.2) is 12.4 Å². The summed E-state index contributed by atoms with van der Waals surface area (Å²) in [7, 11) is 0. The molecule has 0 bridgehead atoms. The number of hydrogen-bond donors (Lipinski definition) is 1. The van der Waals surface area contributed by atoms with Gasteiger partial charge in [0, 0.05) is 18.7 Å². The Bertz CT molecular complexity index is 418. The first-order chi connectivity index (χ1) is 10.2. The second kappa shape index (κ2) is 8.17. The molecule has 1 unspecified atom stereocenters. The van der Waals surface area contributed by atoms with E-state index in [0.29, 0.717) is 24.4 Å². The van der Waals surface area contributed by atoms with Crippen LogP contribution in [0.2, 0.25) is 0 Å². The van der Waals surface area contributed by atoms with E-state index in [1.807, 2.05) is 6.07 Å². The molecule has 1 fully saturated rings. The van der Waals surface area contributed by atoms with Crippen LogP contribution >= 0.6 is 0 Å². The molecule has 0 spiro atoms. The maximum atomic E-state index is 5.63. The summed E-state index contributed by atoms with van der Waals surface area (Å²) in [6.07, 6.45) is 5.15. The maximum Gasteiger partial charge on any atom is 0.218 e.